The molecule has 3 N–H and O–H groups in total. The first-order valence-corrected chi connectivity index (χ1v) is 7.73. The van der Waals surface area contributed by atoms with Gasteiger partial charge in [0.1, 0.15) is 12.7 Å². The van der Waals surface area contributed by atoms with Crippen LogP contribution in [0.5, 0.6) is 0 Å². The van der Waals surface area contributed by atoms with Crippen LogP contribution in [-0.2, 0) is 18.6 Å². The molecule has 0 saturated heterocycles. The van der Waals surface area contributed by atoms with E-state index < -0.39 is 26.5 Å². The van der Waals surface area contributed by atoms with Gasteiger partial charge in [0.05, 0.1) is 6.61 Å². The van der Waals surface area contributed by atoms with Crippen LogP contribution in [0.2, 0.25) is 0 Å². The van der Waals surface area contributed by atoms with Crippen molar-refractivity contribution in [2.45, 2.75) is 32.3 Å². The summed E-state index contributed by atoms with van der Waals surface area (Å²) in [5.74, 6) is -0.496. The number of aliphatic hydroxyl groups excluding tert-OH is 1. The van der Waals surface area contributed by atoms with Gasteiger partial charge in [-0.2, -0.15) is 0 Å². The molecule has 0 bridgehead atoms. The van der Waals surface area contributed by atoms with E-state index in [2.05, 4.69) is 4.52 Å². The minimum Gasteiger partial charge on any atom is -0.463 e. The Balaban J connectivity index is 3.69. The SMILES string of the molecule is CC/C=C/C=C/CCC(=O)OCC(O)COP(=O)(O)O. The van der Waals surface area contributed by atoms with Crippen LogP contribution in [-0.4, -0.2) is 40.2 Å². The Morgan fingerprint density at radius 2 is 1.90 bits per heavy atom. The number of phosphoric ester groups is 1. The summed E-state index contributed by atoms with van der Waals surface area (Å²) in [4.78, 5) is 28.1. The van der Waals surface area contributed by atoms with Crippen LogP contribution in [0.15, 0.2) is 24.3 Å². The fourth-order valence-corrected chi connectivity index (χ4v) is 1.45. The molecule has 0 saturated carbocycles. The highest BCUT2D eigenvalue weighted by atomic mass is 31.2. The van der Waals surface area contributed by atoms with Gasteiger partial charge < -0.3 is 19.6 Å². The number of hydrogen-bond donors (Lipinski definition) is 3. The summed E-state index contributed by atoms with van der Waals surface area (Å²) in [7, 11) is -4.61. The maximum Gasteiger partial charge on any atom is 0.469 e. The predicted molar refractivity (Wildman–Crippen MR) is 72.8 cm³/mol. The first-order valence-electron chi connectivity index (χ1n) is 6.20. The van der Waals surface area contributed by atoms with Crippen molar-refractivity contribution in [3.8, 4) is 0 Å². The van der Waals surface area contributed by atoms with Gasteiger partial charge in [-0.15, -0.1) is 0 Å². The minimum atomic E-state index is -4.61. The zero-order valence-electron chi connectivity index (χ0n) is 11.3. The third-order valence-corrected chi connectivity index (χ3v) is 2.49. The Morgan fingerprint density at radius 3 is 2.50 bits per heavy atom. The Morgan fingerprint density at radius 1 is 1.25 bits per heavy atom. The molecule has 0 spiro atoms. The number of hydrogen-bond acceptors (Lipinski definition) is 5. The topological polar surface area (TPSA) is 113 Å². The van der Waals surface area contributed by atoms with Crippen molar-refractivity contribution in [1.82, 2.24) is 0 Å². The smallest absolute Gasteiger partial charge is 0.463 e. The second-order valence-electron chi connectivity index (χ2n) is 3.93. The number of phosphoric acid groups is 1. The summed E-state index contributed by atoms with van der Waals surface area (Å²) < 4.78 is 19.2. The fourth-order valence-electron chi connectivity index (χ4n) is 1.08. The molecule has 7 nitrogen and oxygen atoms in total. The average Bonchev–Trinajstić information content (AvgIpc) is 2.37. The molecular formula is C12H21O7P. The van der Waals surface area contributed by atoms with E-state index in [1.54, 1.807) is 0 Å². The third kappa shape index (κ3) is 13.5. The highest BCUT2D eigenvalue weighted by Crippen LogP contribution is 2.35. The van der Waals surface area contributed by atoms with Gasteiger partial charge in [0.25, 0.3) is 0 Å². The highest BCUT2D eigenvalue weighted by Gasteiger charge is 2.17. The van der Waals surface area contributed by atoms with Crippen LogP contribution >= 0.6 is 7.82 Å². The average molecular weight is 308 g/mol. The largest absolute Gasteiger partial charge is 0.469 e. The monoisotopic (exact) mass is 308 g/mol. The lowest BCUT2D eigenvalue weighted by molar-refractivity contribution is -0.147. The molecule has 0 aromatic heterocycles. The van der Waals surface area contributed by atoms with Crippen molar-refractivity contribution in [2.24, 2.45) is 0 Å². The quantitative estimate of drug-likeness (QED) is 0.317. The summed E-state index contributed by atoms with van der Waals surface area (Å²) in [5, 5.41) is 9.26. The van der Waals surface area contributed by atoms with Gasteiger partial charge in [-0.1, -0.05) is 31.2 Å². The molecule has 0 heterocycles. The molecule has 116 valence electrons. The number of ether oxygens (including phenoxy) is 1. The van der Waals surface area contributed by atoms with Crippen molar-refractivity contribution in [1.29, 1.82) is 0 Å². The summed E-state index contributed by atoms with van der Waals surface area (Å²) >= 11 is 0. The molecular weight excluding hydrogens is 287 g/mol. The first kappa shape index (κ1) is 19.0. The maximum atomic E-state index is 11.3. The molecule has 0 aromatic carbocycles. The van der Waals surface area contributed by atoms with Crippen LogP contribution in [0.3, 0.4) is 0 Å². The normalized spacial score (nSPS) is 14.0. The van der Waals surface area contributed by atoms with Gasteiger partial charge >= 0.3 is 13.8 Å². The molecule has 0 rings (SSSR count). The van der Waals surface area contributed by atoms with E-state index >= 15 is 0 Å². The Bertz CT molecular complexity index is 372. The van der Waals surface area contributed by atoms with Gasteiger partial charge in [0, 0.05) is 6.42 Å². The lowest BCUT2D eigenvalue weighted by Gasteiger charge is -2.11. The van der Waals surface area contributed by atoms with E-state index in [1.807, 2.05) is 31.2 Å². The van der Waals surface area contributed by atoms with Crippen LogP contribution in [0, 0.1) is 0 Å². The molecule has 20 heavy (non-hydrogen) atoms. The number of aliphatic hydroxyl groups is 1. The second-order valence-corrected chi connectivity index (χ2v) is 5.17. The van der Waals surface area contributed by atoms with E-state index in [9.17, 15) is 14.5 Å². The van der Waals surface area contributed by atoms with Crippen LogP contribution < -0.4 is 0 Å². The molecule has 8 heteroatoms. The molecule has 1 unspecified atom stereocenters. The number of carbonyl (C=O) groups excluding carboxylic acids is 1. The summed E-state index contributed by atoms with van der Waals surface area (Å²) in [6, 6.07) is 0. The maximum absolute atomic E-state index is 11.3. The predicted octanol–water partition coefficient (Wildman–Crippen LogP) is 1.30. The summed E-state index contributed by atoms with van der Waals surface area (Å²) in [6.07, 6.45) is 7.88. The summed E-state index contributed by atoms with van der Waals surface area (Å²) in [5.41, 5.74) is 0. The van der Waals surface area contributed by atoms with Crippen LogP contribution in [0.4, 0.5) is 0 Å². The van der Waals surface area contributed by atoms with Crippen LogP contribution in [0.25, 0.3) is 0 Å². The highest BCUT2D eigenvalue weighted by molar-refractivity contribution is 7.46. The zero-order valence-corrected chi connectivity index (χ0v) is 12.2. The molecule has 0 aliphatic heterocycles. The molecule has 0 fully saturated rings. The van der Waals surface area contributed by atoms with Gasteiger partial charge in [-0.05, 0) is 12.8 Å². The van der Waals surface area contributed by atoms with Crippen LogP contribution in [0.1, 0.15) is 26.2 Å². The van der Waals surface area contributed by atoms with E-state index in [0.717, 1.165) is 6.42 Å². The lowest BCUT2D eigenvalue weighted by atomic mass is 10.3. The van der Waals surface area contributed by atoms with E-state index in [1.165, 1.54) is 0 Å². The number of esters is 1. The number of allylic oxidation sites excluding steroid dienone is 4. The van der Waals surface area contributed by atoms with Crippen molar-refractivity contribution >= 4 is 13.8 Å². The molecule has 1 atom stereocenters. The van der Waals surface area contributed by atoms with Gasteiger partial charge in [-0.3, -0.25) is 9.32 Å². The van der Waals surface area contributed by atoms with Crippen molar-refractivity contribution < 1.29 is 33.5 Å². The molecule has 0 aliphatic rings. The van der Waals surface area contributed by atoms with Gasteiger partial charge in [-0.25, -0.2) is 4.57 Å². The fraction of sp³-hybridized carbons (Fsp3) is 0.583. The number of carbonyl (C=O) groups is 1. The molecule has 0 amide bonds. The third-order valence-electron chi connectivity index (χ3n) is 2.01. The van der Waals surface area contributed by atoms with Gasteiger partial charge in [0.15, 0.2) is 0 Å². The van der Waals surface area contributed by atoms with Crippen molar-refractivity contribution in [3.63, 3.8) is 0 Å². The van der Waals surface area contributed by atoms with Crippen molar-refractivity contribution in [3.05, 3.63) is 24.3 Å². The second kappa shape index (κ2) is 10.8. The van der Waals surface area contributed by atoms with E-state index in [4.69, 9.17) is 14.5 Å². The lowest BCUT2D eigenvalue weighted by Crippen LogP contribution is -2.23. The molecule has 0 aliphatic carbocycles. The minimum absolute atomic E-state index is 0.169. The first-order chi connectivity index (χ1) is 9.35. The van der Waals surface area contributed by atoms with Gasteiger partial charge in [0.2, 0.25) is 0 Å². The Kier molecular flexibility index (Phi) is 10.2. The Labute approximate surface area is 118 Å². The standard InChI is InChI=1S/C12H21O7P/c1-2-3-4-5-6-7-8-12(14)18-9-11(13)10-19-20(15,16)17/h3-6,11,13H,2,7-10H2,1H3,(H2,15,16,17)/b4-3+,6-5+. The summed E-state index contributed by atoms with van der Waals surface area (Å²) in [6.45, 7) is 1.06. The molecule has 0 aromatic rings. The van der Waals surface area contributed by atoms with E-state index in [0.29, 0.717) is 6.42 Å². The zero-order chi connectivity index (χ0) is 15.4. The Hall–Kier alpha value is -0.980. The molecule has 0 radical (unpaired) electrons. The van der Waals surface area contributed by atoms with E-state index in [-0.39, 0.29) is 13.0 Å². The number of rotatable bonds is 10. The van der Waals surface area contributed by atoms with Crippen molar-refractivity contribution in [2.75, 3.05) is 13.2 Å².